The lowest BCUT2D eigenvalue weighted by atomic mass is 10.1. The first-order valence-electron chi connectivity index (χ1n) is 7.49. The van der Waals surface area contributed by atoms with Crippen LogP contribution in [0.2, 0.25) is 0 Å². The van der Waals surface area contributed by atoms with Gasteiger partial charge in [0.2, 0.25) is 0 Å². The highest BCUT2D eigenvalue weighted by molar-refractivity contribution is 5.26. The topological polar surface area (TPSA) is 17.0 Å². The molecule has 0 bridgehead atoms. The standard InChI is InChI=1S/C16H30N2/c1-6-8-9-10-13(3)17-12-16-11-14(4)18(7-2)15(16)5/h11,13,17H,6-10,12H2,1-5H3. The van der Waals surface area contributed by atoms with Gasteiger partial charge in [0.15, 0.2) is 0 Å². The molecule has 104 valence electrons. The Morgan fingerprint density at radius 2 is 1.94 bits per heavy atom. The molecule has 1 rings (SSSR count). The monoisotopic (exact) mass is 250 g/mol. The summed E-state index contributed by atoms with van der Waals surface area (Å²) in [5.41, 5.74) is 4.25. The Balaban J connectivity index is 2.43. The molecule has 18 heavy (non-hydrogen) atoms. The van der Waals surface area contributed by atoms with E-state index in [1.807, 2.05) is 0 Å². The van der Waals surface area contributed by atoms with Crippen LogP contribution in [0.15, 0.2) is 6.07 Å². The molecule has 2 nitrogen and oxygen atoms in total. The average Bonchev–Trinajstić information content (AvgIpc) is 2.62. The molecule has 0 aliphatic rings. The first kappa shape index (κ1) is 15.3. The maximum atomic E-state index is 3.65. The summed E-state index contributed by atoms with van der Waals surface area (Å²) in [6, 6.07) is 2.95. The van der Waals surface area contributed by atoms with Gasteiger partial charge in [0.05, 0.1) is 0 Å². The second kappa shape index (κ2) is 7.63. The minimum Gasteiger partial charge on any atom is -0.349 e. The van der Waals surface area contributed by atoms with Gasteiger partial charge >= 0.3 is 0 Å². The fraction of sp³-hybridized carbons (Fsp3) is 0.750. The Morgan fingerprint density at radius 1 is 1.22 bits per heavy atom. The SMILES string of the molecule is CCCCCC(C)NCc1cc(C)n(CC)c1C. The molecule has 1 heterocycles. The van der Waals surface area contributed by atoms with Crippen molar-refractivity contribution in [2.24, 2.45) is 0 Å². The summed E-state index contributed by atoms with van der Waals surface area (Å²) >= 11 is 0. The number of unbranched alkanes of at least 4 members (excludes halogenated alkanes) is 2. The van der Waals surface area contributed by atoms with Crippen LogP contribution in [-0.4, -0.2) is 10.6 Å². The van der Waals surface area contributed by atoms with Crippen LogP contribution >= 0.6 is 0 Å². The van der Waals surface area contributed by atoms with E-state index >= 15 is 0 Å². The third kappa shape index (κ3) is 4.16. The second-order valence-electron chi connectivity index (χ2n) is 5.42. The lowest BCUT2D eigenvalue weighted by Gasteiger charge is -2.13. The predicted molar refractivity (Wildman–Crippen MR) is 80.0 cm³/mol. The highest BCUT2D eigenvalue weighted by Crippen LogP contribution is 2.15. The number of rotatable bonds is 8. The Labute approximate surface area is 113 Å². The molecule has 1 aromatic rings. The van der Waals surface area contributed by atoms with Crippen LogP contribution in [0.3, 0.4) is 0 Å². The van der Waals surface area contributed by atoms with E-state index in [0.29, 0.717) is 6.04 Å². The minimum absolute atomic E-state index is 0.626. The quantitative estimate of drug-likeness (QED) is 0.685. The minimum atomic E-state index is 0.626. The van der Waals surface area contributed by atoms with E-state index in [1.165, 1.54) is 42.6 Å². The number of nitrogens with one attached hydrogen (secondary N) is 1. The van der Waals surface area contributed by atoms with E-state index in [1.54, 1.807) is 0 Å². The van der Waals surface area contributed by atoms with Crippen LogP contribution < -0.4 is 5.32 Å². The van der Waals surface area contributed by atoms with Gasteiger partial charge < -0.3 is 9.88 Å². The van der Waals surface area contributed by atoms with E-state index < -0.39 is 0 Å². The lowest BCUT2D eigenvalue weighted by Crippen LogP contribution is -2.25. The van der Waals surface area contributed by atoms with Crippen molar-refractivity contribution in [3.05, 3.63) is 23.0 Å². The molecule has 1 N–H and O–H groups in total. The van der Waals surface area contributed by atoms with Gasteiger partial charge in [0.25, 0.3) is 0 Å². The second-order valence-corrected chi connectivity index (χ2v) is 5.42. The molecule has 0 aliphatic heterocycles. The molecule has 0 amide bonds. The van der Waals surface area contributed by atoms with Crippen molar-refractivity contribution in [2.45, 2.75) is 79.4 Å². The van der Waals surface area contributed by atoms with Crippen molar-refractivity contribution in [1.82, 2.24) is 9.88 Å². The van der Waals surface area contributed by atoms with E-state index in [2.05, 4.69) is 50.6 Å². The molecule has 0 spiro atoms. The summed E-state index contributed by atoms with van der Waals surface area (Å²) in [7, 11) is 0. The smallest absolute Gasteiger partial charge is 0.0225 e. The summed E-state index contributed by atoms with van der Waals surface area (Å²) in [5.74, 6) is 0. The van der Waals surface area contributed by atoms with Crippen LogP contribution in [0.4, 0.5) is 0 Å². The maximum Gasteiger partial charge on any atom is 0.0225 e. The molecule has 0 saturated heterocycles. The molecule has 1 aromatic heterocycles. The Kier molecular flexibility index (Phi) is 6.48. The highest BCUT2D eigenvalue weighted by atomic mass is 15.0. The molecule has 1 atom stereocenters. The molecule has 0 fully saturated rings. The van der Waals surface area contributed by atoms with Gasteiger partial charge in [-0.25, -0.2) is 0 Å². The van der Waals surface area contributed by atoms with E-state index in [0.717, 1.165) is 13.1 Å². The van der Waals surface area contributed by atoms with Crippen LogP contribution in [0.25, 0.3) is 0 Å². The first-order chi connectivity index (χ1) is 8.60. The Morgan fingerprint density at radius 3 is 2.50 bits per heavy atom. The maximum absolute atomic E-state index is 3.65. The number of hydrogen-bond acceptors (Lipinski definition) is 1. The van der Waals surface area contributed by atoms with Crippen molar-refractivity contribution in [1.29, 1.82) is 0 Å². The van der Waals surface area contributed by atoms with E-state index in [-0.39, 0.29) is 0 Å². The number of nitrogens with zero attached hydrogens (tertiary/aromatic N) is 1. The van der Waals surface area contributed by atoms with Crippen molar-refractivity contribution in [2.75, 3.05) is 0 Å². The summed E-state index contributed by atoms with van der Waals surface area (Å²) in [5, 5.41) is 3.65. The summed E-state index contributed by atoms with van der Waals surface area (Å²) < 4.78 is 2.39. The molecule has 2 heteroatoms. The summed E-state index contributed by atoms with van der Waals surface area (Å²) in [6.07, 6.45) is 5.31. The lowest BCUT2D eigenvalue weighted by molar-refractivity contribution is 0.486. The zero-order chi connectivity index (χ0) is 13.5. The van der Waals surface area contributed by atoms with Gasteiger partial charge in [0.1, 0.15) is 0 Å². The Hall–Kier alpha value is -0.760. The molecule has 0 saturated carbocycles. The van der Waals surface area contributed by atoms with Crippen molar-refractivity contribution in [3.63, 3.8) is 0 Å². The molecule has 0 aliphatic carbocycles. The molecule has 1 unspecified atom stereocenters. The molecule has 0 radical (unpaired) electrons. The van der Waals surface area contributed by atoms with Gasteiger partial charge in [-0.15, -0.1) is 0 Å². The molecular formula is C16H30N2. The van der Waals surface area contributed by atoms with Gasteiger partial charge in [-0.2, -0.15) is 0 Å². The predicted octanol–water partition coefficient (Wildman–Crippen LogP) is 4.18. The molecule has 0 aromatic carbocycles. The summed E-state index contributed by atoms with van der Waals surface area (Å²) in [6.45, 7) is 13.3. The van der Waals surface area contributed by atoms with Crippen LogP contribution in [0, 0.1) is 13.8 Å². The first-order valence-corrected chi connectivity index (χ1v) is 7.49. The fourth-order valence-corrected chi connectivity index (χ4v) is 2.62. The van der Waals surface area contributed by atoms with Crippen LogP contribution in [0.5, 0.6) is 0 Å². The van der Waals surface area contributed by atoms with Crippen LogP contribution in [0.1, 0.15) is 63.4 Å². The number of hydrogen-bond donors (Lipinski definition) is 1. The molecular weight excluding hydrogens is 220 g/mol. The van der Waals surface area contributed by atoms with Crippen LogP contribution in [-0.2, 0) is 13.1 Å². The third-order valence-corrected chi connectivity index (χ3v) is 3.88. The summed E-state index contributed by atoms with van der Waals surface area (Å²) in [4.78, 5) is 0. The van der Waals surface area contributed by atoms with Gasteiger partial charge in [-0.05, 0) is 45.7 Å². The normalized spacial score (nSPS) is 12.9. The zero-order valence-electron chi connectivity index (χ0n) is 12.8. The van der Waals surface area contributed by atoms with Crippen molar-refractivity contribution < 1.29 is 0 Å². The van der Waals surface area contributed by atoms with E-state index in [9.17, 15) is 0 Å². The highest BCUT2D eigenvalue weighted by Gasteiger charge is 2.08. The van der Waals surface area contributed by atoms with Gasteiger partial charge in [-0.1, -0.05) is 26.2 Å². The van der Waals surface area contributed by atoms with E-state index in [4.69, 9.17) is 0 Å². The van der Waals surface area contributed by atoms with Crippen molar-refractivity contribution in [3.8, 4) is 0 Å². The number of aryl methyl sites for hydroxylation is 1. The van der Waals surface area contributed by atoms with Gasteiger partial charge in [-0.3, -0.25) is 0 Å². The van der Waals surface area contributed by atoms with Crippen molar-refractivity contribution >= 4 is 0 Å². The van der Waals surface area contributed by atoms with Gasteiger partial charge in [0, 0.05) is 30.5 Å². The fourth-order valence-electron chi connectivity index (χ4n) is 2.62. The zero-order valence-corrected chi connectivity index (χ0v) is 12.8. The average molecular weight is 250 g/mol. The largest absolute Gasteiger partial charge is 0.349 e. The Bertz CT molecular complexity index is 352. The third-order valence-electron chi connectivity index (χ3n) is 3.88. The number of aromatic nitrogens is 1.